The Morgan fingerprint density at radius 3 is 3.00 bits per heavy atom. The van der Waals surface area contributed by atoms with Crippen LogP contribution in [-0.4, -0.2) is 31.1 Å². The number of nitrogens with zero attached hydrogens (tertiary/aromatic N) is 4. The summed E-state index contributed by atoms with van der Waals surface area (Å²) >= 11 is 1.65. The lowest BCUT2D eigenvalue weighted by molar-refractivity contribution is 0.0697. The lowest BCUT2D eigenvalue weighted by atomic mass is 10.2. The molecule has 3 rings (SSSR count). The van der Waals surface area contributed by atoms with E-state index >= 15 is 0 Å². The number of hydrogen-bond acceptors (Lipinski definition) is 5. The average Bonchev–Trinajstić information content (AvgIpc) is 3.06. The fourth-order valence-corrected chi connectivity index (χ4v) is 2.78. The molecular formula is C13H12N4O2S. The number of aromatic nitrogens is 4. The number of carboxylic acids is 1. The highest BCUT2D eigenvalue weighted by Gasteiger charge is 2.10. The van der Waals surface area contributed by atoms with E-state index in [0.29, 0.717) is 12.1 Å². The number of aromatic carboxylic acids is 1. The standard InChI is InChI=1S/C13H12N4O2S/c1-2-9-6-14-12(20-9)7-17-11-4-3-8(13(18)19)5-10(11)15-16-17/h3-6H,2,7H2,1H3,(H,18,19). The molecule has 0 saturated carbocycles. The molecule has 0 radical (unpaired) electrons. The van der Waals surface area contributed by atoms with Crippen LogP contribution in [0.1, 0.15) is 27.2 Å². The fraction of sp³-hybridized carbons (Fsp3) is 0.231. The molecule has 0 unspecified atom stereocenters. The van der Waals surface area contributed by atoms with Gasteiger partial charge in [-0.1, -0.05) is 12.1 Å². The van der Waals surface area contributed by atoms with E-state index in [9.17, 15) is 4.79 Å². The van der Waals surface area contributed by atoms with E-state index in [0.717, 1.165) is 16.9 Å². The fourth-order valence-electron chi connectivity index (χ4n) is 1.93. The lowest BCUT2D eigenvalue weighted by Crippen LogP contribution is -2.01. The third-order valence-electron chi connectivity index (χ3n) is 3.00. The number of thiazole rings is 1. The van der Waals surface area contributed by atoms with Crippen LogP contribution in [0.15, 0.2) is 24.4 Å². The summed E-state index contributed by atoms with van der Waals surface area (Å²) in [7, 11) is 0. The van der Waals surface area contributed by atoms with Crippen LogP contribution in [0.5, 0.6) is 0 Å². The second-order valence-electron chi connectivity index (χ2n) is 4.33. The normalized spacial score (nSPS) is 11.1. The maximum Gasteiger partial charge on any atom is 0.335 e. The third kappa shape index (κ3) is 2.27. The van der Waals surface area contributed by atoms with Crippen molar-refractivity contribution in [3.63, 3.8) is 0 Å². The van der Waals surface area contributed by atoms with E-state index in [1.807, 2.05) is 6.20 Å². The van der Waals surface area contributed by atoms with Crippen molar-refractivity contribution in [3.05, 3.63) is 39.8 Å². The molecule has 0 aliphatic carbocycles. The molecule has 6 nitrogen and oxygen atoms in total. The van der Waals surface area contributed by atoms with Crippen molar-refractivity contribution in [1.82, 2.24) is 20.0 Å². The first-order valence-electron chi connectivity index (χ1n) is 6.17. The van der Waals surface area contributed by atoms with Gasteiger partial charge in [-0.15, -0.1) is 16.4 Å². The van der Waals surface area contributed by atoms with Crippen LogP contribution >= 0.6 is 11.3 Å². The Labute approximate surface area is 118 Å². The Hall–Kier alpha value is -2.28. The van der Waals surface area contributed by atoms with E-state index < -0.39 is 5.97 Å². The maximum atomic E-state index is 10.9. The molecule has 1 aromatic carbocycles. The van der Waals surface area contributed by atoms with Crippen molar-refractivity contribution in [1.29, 1.82) is 0 Å². The molecule has 20 heavy (non-hydrogen) atoms. The zero-order valence-corrected chi connectivity index (χ0v) is 11.6. The van der Waals surface area contributed by atoms with Crippen LogP contribution in [0.2, 0.25) is 0 Å². The number of carbonyl (C=O) groups is 1. The Kier molecular flexibility index (Phi) is 3.19. The zero-order chi connectivity index (χ0) is 14.1. The molecule has 0 aliphatic heterocycles. The quantitative estimate of drug-likeness (QED) is 0.796. The highest BCUT2D eigenvalue weighted by molar-refractivity contribution is 7.11. The van der Waals surface area contributed by atoms with Gasteiger partial charge >= 0.3 is 5.97 Å². The molecule has 3 aromatic rings. The number of benzene rings is 1. The van der Waals surface area contributed by atoms with Crippen molar-refractivity contribution in [3.8, 4) is 0 Å². The van der Waals surface area contributed by atoms with Gasteiger partial charge in [-0.25, -0.2) is 14.5 Å². The van der Waals surface area contributed by atoms with Gasteiger partial charge in [0.1, 0.15) is 10.5 Å². The summed E-state index contributed by atoms with van der Waals surface area (Å²) in [4.78, 5) is 16.5. The molecule has 0 atom stereocenters. The minimum Gasteiger partial charge on any atom is -0.478 e. The Morgan fingerprint density at radius 1 is 1.45 bits per heavy atom. The molecular weight excluding hydrogens is 276 g/mol. The number of rotatable bonds is 4. The molecule has 0 amide bonds. The first kappa shape index (κ1) is 12.7. The van der Waals surface area contributed by atoms with Gasteiger partial charge in [0.2, 0.25) is 0 Å². The van der Waals surface area contributed by atoms with E-state index in [1.54, 1.807) is 28.2 Å². The molecule has 2 heterocycles. The predicted molar refractivity (Wildman–Crippen MR) is 75.1 cm³/mol. The number of carboxylic acid groups (broad SMARTS) is 1. The molecule has 0 saturated heterocycles. The van der Waals surface area contributed by atoms with E-state index in [4.69, 9.17) is 5.11 Å². The largest absolute Gasteiger partial charge is 0.478 e. The predicted octanol–water partition coefficient (Wildman–Crippen LogP) is 2.20. The van der Waals surface area contributed by atoms with Gasteiger partial charge in [-0.2, -0.15) is 0 Å². The summed E-state index contributed by atoms with van der Waals surface area (Å²) in [5.74, 6) is -0.964. The van der Waals surface area contributed by atoms with Crippen LogP contribution in [0, 0.1) is 0 Å². The van der Waals surface area contributed by atoms with Crippen LogP contribution < -0.4 is 0 Å². The summed E-state index contributed by atoms with van der Waals surface area (Å²) in [6, 6.07) is 4.82. The third-order valence-corrected chi connectivity index (χ3v) is 4.12. The highest BCUT2D eigenvalue weighted by atomic mass is 32.1. The van der Waals surface area contributed by atoms with Crippen molar-refractivity contribution < 1.29 is 9.90 Å². The van der Waals surface area contributed by atoms with Gasteiger partial charge in [0, 0.05) is 11.1 Å². The Bertz CT molecular complexity index is 778. The first-order valence-corrected chi connectivity index (χ1v) is 6.99. The molecule has 0 aliphatic rings. The topological polar surface area (TPSA) is 80.9 Å². The summed E-state index contributed by atoms with van der Waals surface area (Å²) in [6.45, 7) is 2.64. The first-order chi connectivity index (χ1) is 9.67. The van der Waals surface area contributed by atoms with E-state index in [1.165, 1.54) is 10.9 Å². The number of hydrogen-bond donors (Lipinski definition) is 1. The lowest BCUT2D eigenvalue weighted by Gasteiger charge is -1.99. The molecule has 0 spiro atoms. The smallest absolute Gasteiger partial charge is 0.335 e. The maximum absolute atomic E-state index is 10.9. The molecule has 0 fully saturated rings. The molecule has 2 aromatic heterocycles. The van der Waals surface area contributed by atoms with E-state index in [-0.39, 0.29) is 5.56 Å². The van der Waals surface area contributed by atoms with E-state index in [2.05, 4.69) is 22.2 Å². The second-order valence-corrected chi connectivity index (χ2v) is 5.53. The van der Waals surface area contributed by atoms with Crippen molar-refractivity contribution in [2.24, 2.45) is 0 Å². The average molecular weight is 288 g/mol. The van der Waals surface area contributed by atoms with Gasteiger partial charge < -0.3 is 5.11 Å². The minimum absolute atomic E-state index is 0.215. The van der Waals surface area contributed by atoms with Gasteiger partial charge in [0.05, 0.1) is 17.6 Å². The SMILES string of the molecule is CCc1cnc(Cn2nnc3cc(C(=O)O)ccc32)s1. The van der Waals surface area contributed by atoms with Gasteiger partial charge in [0.15, 0.2) is 0 Å². The summed E-state index contributed by atoms with van der Waals surface area (Å²) in [5, 5.41) is 18.0. The minimum atomic E-state index is -0.964. The molecule has 102 valence electrons. The highest BCUT2D eigenvalue weighted by Crippen LogP contribution is 2.18. The van der Waals surface area contributed by atoms with Crippen LogP contribution in [0.4, 0.5) is 0 Å². The van der Waals surface area contributed by atoms with Crippen molar-refractivity contribution in [2.45, 2.75) is 19.9 Å². The van der Waals surface area contributed by atoms with Crippen LogP contribution in [0.3, 0.4) is 0 Å². The van der Waals surface area contributed by atoms with Crippen molar-refractivity contribution >= 4 is 28.3 Å². The van der Waals surface area contributed by atoms with Crippen molar-refractivity contribution in [2.75, 3.05) is 0 Å². The summed E-state index contributed by atoms with van der Waals surface area (Å²) in [5.41, 5.74) is 1.60. The number of fused-ring (bicyclic) bond motifs is 1. The Morgan fingerprint density at radius 2 is 2.30 bits per heavy atom. The molecule has 7 heteroatoms. The van der Waals surface area contributed by atoms with Gasteiger partial charge in [-0.05, 0) is 24.6 Å². The monoisotopic (exact) mass is 288 g/mol. The van der Waals surface area contributed by atoms with Gasteiger partial charge in [0.25, 0.3) is 0 Å². The zero-order valence-electron chi connectivity index (χ0n) is 10.8. The van der Waals surface area contributed by atoms with Crippen LogP contribution in [-0.2, 0) is 13.0 Å². The number of aryl methyl sites for hydroxylation is 1. The van der Waals surface area contributed by atoms with Crippen LogP contribution in [0.25, 0.3) is 11.0 Å². The second kappa shape index (κ2) is 5.01. The van der Waals surface area contributed by atoms with Gasteiger partial charge in [-0.3, -0.25) is 0 Å². The summed E-state index contributed by atoms with van der Waals surface area (Å²) in [6.07, 6.45) is 2.85. The summed E-state index contributed by atoms with van der Waals surface area (Å²) < 4.78 is 1.74. The molecule has 1 N–H and O–H groups in total. The Balaban J connectivity index is 1.94. The molecule has 0 bridgehead atoms.